The first-order valence-electron chi connectivity index (χ1n) is 8.86. The molecular formula is C18H26N4O3. The minimum Gasteiger partial charge on any atom is -0.383 e. The molecule has 7 heteroatoms. The summed E-state index contributed by atoms with van der Waals surface area (Å²) >= 11 is 0. The first-order valence-corrected chi connectivity index (χ1v) is 8.86. The molecule has 0 radical (unpaired) electrons. The van der Waals surface area contributed by atoms with E-state index in [1.807, 2.05) is 31.1 Å². The van der Waals surface area contributed by atoms with E-state index in [0.29, 0.717) is 18.8 Å². The second-order valence-electron chi connectivity index (χ2n) is 6.83. The molecule has 1 amide bonds. The fraction of sp³-hybridized carbons (Fsp3) is 0.611. The number of piperidine rings is 1. The van der Waals surface area contributed by atoms with E-state index in [9.17, 15) is 4.79 Å². The third-order valence-electron chi connectivity index (χ3n) is 4.67. The molecule has 1 aliphatic heterocycles. The van der Waals surface area contributed by atoms with Crippen LogP contribution in [0, 0.1) is 0 Å². The quantitative estimate of drug-likeness (QED) is 0.804. The Bertz CT molecular complexity index is 707. The molecule has 1 atom stereocenters. The van der Waals surface area contributed by atoms with Gasteiger partial charge in [-0.15, -0.1) is 0 Å². The van der Waals surface area contributed by atoms with Crippen molar-refractivity contribution in [1.82, 2.24) is 19.6 Å². The van der Waals surface area contributed by atoms with Crippen molar-refractivity contribution in [1.29, 1.82) is 0 Å². The zero-order valence-electron chi connectivity index (χ0n) is 15.1. The van der Waals surface area contributed by atoms with E-state index in [2.05, 4.69) is 14.7 Å². The molecule has 0 N–H and O–H groups in total. The van der Waals surface area contributed by atoms with Gasteiger partial charge >= 0.3 is 0 Å². The van der Waals surface area contributed by atoms with E-state index in [1.54, 1.807) is 13.2 Å². The molecule has 0 aromatic carbocycles. The van der Waals surface area contributed by atoms with Gasteiger partial charge in [-0.25, -0.2) is 4.98 Å². The number of hydrogen-bond donors (Lipinski definition) is 0. The van der Waals surface area contributed by atoms with Crippen molar-refractivity contribution in [3.8, 4) is 0 Å². The third-order valence-corrected chi connectivity index (χ3v) is 4.67. The number of hydrogen-bond acceptors (Lipinski definition) is 5. The van der Waals surface area contributed by atoms with Crippen molar-refractivity contribution >= 4 is 5.91 Å². The van der Waals surface area contributed by atoms with Crippen LogP contribution in [0.15, 0.2) is 23.0 Å². The summed E-state index contributed by atoms with van der Waals surface area (Å²) in [6, 6.07) is 1.76. The van der Waals surface area contributed by atoms with Crippen LogP contribution in [0.2, 0.25) is 0 Å². The molecule has 0 spiro atoms. The zero-order valence-corrected chi connectivity index (χ0v) is 15.1. The van der Waals surface area contributed by atoms with Gasteiger partial charge < -0.3 is 18.7 Å². The van der Waals surface area contributed by atoms with Gasteiger partial charge in [0.1, 0.15) is 11.6 Å². The second kappa shape index (κ2) is 7.82. The fourth-order valence-electron chi connectivity index (χ4n) is 3.26. The summed E-state index contributed by atoms with van der Waals surface area (Å²) in [7, 11) is 1.70. The molecule has 1 aliphatic rings. The maximum absolute atomic E-state index is 12.8. The van der Waals surface area contributed by atoms with Crippen molar-refractivity contribution in [2.45, 2.75) is 45.1 Å². The Morgan fingerprint density at radius 2 is 2.32 bits per heavy atom. The van der Waals surface area contributed by atoms with Crippen LogP contribution >= 0.6 is 0 Å². The number of rotatable bonds is 6. The van der Waals surface area contributed by atoms with Crippen molar-refractivity contribution in [2.75, 3.05) is 26.8 Å². The number of carbonyl (C=O) groups excluding carboxylic acids is 1. The highest BCUT2D eigenvalue weighted by Gasteiger charge is 2.29. The third kappa shape index (κ3) is 3.92. The number of amides is 1. The van der Waals surface area contributed by atoms with E-state index < -0.39 is 0 Å². The first kappa shape index (κ1) is 17.7. The van der Waals surface area contributed by atoms with E-state index in [4.69, 9.17) is 9.26 Å². The molecule has 0 bridgehead atoms. The molecule has 1 fully saturated rings. The Labute approximate surface area is 148 Å². The standard InChI is InChI=1S/C18H26N4O3/c1-13(2)16-11-15(20-25-16)18(23)22-7-4-5-14(12-22)17-19-6-8-21(17)9-10-24-3/h6,8,11,13-14H,4-5,7,9-10,12H2,1-3H3/t14-/m0/s1. The van der Waals surface area contributed by atoms with Crippen molar-refractivity contribution in [2.24, 2.45) is 0 Å². The Hall–Kier alpha value is -2.15. The molecule has 0 unspecified atom stereocenters. The lowest BCUT2D eigenvalue weighted by molar-refractivity contribution is 0.0692. The lowest BCUT2D eigenvalue weighted by Gasteiger charge is -2.32. The summed E-state index contributed by atoms with van der Waals surface area (Å²) in [5.41, 5.74) is 0.395. The summed E-state index contributed by atoms with van der Waals surface area (Å²) in [6.45, 7) is 6.87. The molecule has 0 aliphatic carbocycles. The van der Waals surface area contributed by atoms with E-state index in [0.717, 1.165) is 37.5 Å². The van der Waals surface area contributed by atoms with Gasteiger partial charge in [0.05, 0.1) is 6.61 Å². The number of likely N-dealkylation sites (tertiary alicyclic amines) is 1. The summed E-state index contributed by atoms with van der Waals surface area (Å²) in [5.74, 6) is 2.16. The molecule has 2 aromatic rings. The molecule has 7 nitrogen and oxygen atoms in total. The molecular weight excluding hydrogens is 320 g/mol. The Kier molecular flexibility index (Phi) is 5.53. The van der Waals surface area contributed by atoms with Crippen LogP contribution in [0.25, 0.3) is 0 Å². The molecule has 2 aromatic heterocycles. The average molecular weight is 346 g/mol. The van der Waals surface area contributed by atoms with Crippen LogP contribution < -0.4 is 0 Å². The van der Waals surface area contributed by atoms with Gasteiger partial charge in [0.2, 0.25) is 0 Å². The smallest absolute Gasteiger partial charge is 0.276 e. The van der Waals surface area contributed by atoms with Gasteiger partial charge in [-0.1, -0.05) is 19.0 Å². The zero-order chi connectivity index (χ0) is 17.8. The molecule has 3 heterocycles. The van der Waals surface area contributed by atoms with Crippen LogP contribution in [0.4, 0.5) is 0 Å². The Morgan fingerprint density at radius 1 is 1.48 bits per heavy atom. The molecule has 136 valence electrons. The molecule has 3 rings (SSSR count). The van der Waals surface area contributed by atoms with Crippen LogP contribution in [0.5, 0.6) is 0 Å². The lowest BCUT2D eigenvalue weighted by Crippen LogP contribution is -2.40. The topological polar surface area (TPSA) is 73.4 Å². The van der Waals surface area contributed by atoms with Gasteiger partial charge in [-0.05, 0) is 12.8 Å². The summed E-state index contributed by atoms with van der Waals surface area (Å²) in [6.07, 6.45) is 5.78. The van der Waals surface area contributed by atoms with E-state index in [-0.39, 0.29) is 17.7 Å². The first-order chi connectivity index (χ1) is 12.1. The maximum Gasteiger partial charge on any atom is 0.276 e. The van der Waals surface area contributed by atoms with Crippen molar-refractivity contribution in [3.63, 3.8) is 0 Å². The number of nitrogens with zero attached hydrogens (tertiary/aromatic N) is 4. The highest BCUT2D eigenvalue weighted by molar-refractivity contribution is 5.92. The minimum absolute atomic E-state index is 0.0599. The number of carbonyl (C=O) groups is 1. The van der Waals surface area contributed by atoms with Crippen molar-refractivity contribution in [3.05, 3.63) is 35.7 Å². The average Bonchev–Trinajstić information content (AvgIpc) is 3.28. The Morgan fingerprint density at radius 3 is 3.04 bits per heavy atom. The number of methoxy groups -OCH3 is 1. The van der Waals surface area contributed by atoms with E-state index in [1.165, 1.54) is 0 Å². The predicted octanol–water partition coefficient (Wildman–Crippen LogP) is 2.66. The van der Waals surface area contributed by atoms with Crippen LogP contribution in [-0.4, -0.2) is 52.3 Å². The van der Waals surface area contributed by atoms with Crippen molar-refractivity contribution < 1.29 is 14.1 Å². The monoisotopic (exact) mass is 346 g/mol. The van der Waals surface area contributed by atoms with Gasteiger partial charge in [0.25, 0.3) is 5.91 Å². The minimum atomic E-state index is -0.0599. The Balaban J connectivity index is 1.70. The van der Waals surface area contributed by atoms with Crippen LogP contribution in [0.1, 0.15) is 60.6 Å². The van der Waals surface area contributed by atoms with Gasteiger partial charge in [-0.2, -0.15) is 0 Å². The highest BCUT2D eigenvalue weighted by atomic mass is 16.5. The molecule has 0 saturated carbocycles. The fourth-order valence-corrected chi connectivity index (χ4v) is 3.26. The highest BCUT2D eigenvalue weighted by Crippen LogP contribution is 2.27. The van der Waals surface area contributed by atoms with Gasteiger partial charge in [0.15, 0.2) is 5.69 Å². The summed E-state index contributed by atoms with van der Waals surface area (Å²) < 4.78 is 12.6. The predicted molar refractivity (Wildman–Crippen MR) is 92.6 cm³/mol. The van der Waals surface area contributed by atoms with Gasteiger partial charge in [-0.3, -0.25) is 4.79 Å². The summed E-state index contributed by atoms with van der Waals surface area (Å²) in [5, 5.41) is 3.95. The van der Waals surface area contributed by atoms with Crippen LogP contribution in [-0.2, 0) is 11.3 Å². The van der Waals surface area contributed by atoms with Crippen LogP contribution in [0.3, 0.4) is 0 Å². The number of imidazole rings is 1. The second-order valence-corrected chi connectivity index (χ2v) is 6.83. The SMILES string of the molecule is COCCn1ccnc1[C@H]1CCCN(C(=O)c2cc(C(C)C)on2)C1. The number of aromatic nitrogens is 3. The largest absolute Gasteiger partial charge is 0.383 e. The molecule has 1 saturated heterocycles. The number of ether oxygens (including phenoxy) is 1. The van der Waals surface area contributed by atoms with E-state index >= 15 is 0 Å². The molecule has 25 heavy (non-hydrogen) atoms. The lowest BCUT2D eigenvalue weighted by atomic mass is 9.96. The summed E-state index contributed by atoms with van der Waals surface area (Å²) in [4.78, 5) is 19.2. The normalized spacial score (nSPS) is 18.1. The maximum atomic E-state index is 12.8. The van der Waals surface area contributed by atoms with Gasteiger partial charge in [0, 0.05) is 57.0 Å².